The van der Waals surface area contributed by atoms with Gasteiger partial charge in [-0.2, -0.15) is 5.26 Å². The van der Waals surface area contributed by atoms with Gasteiger partial charge in [0.05, 0.1) is 6.07 Å². The molecule has 0 amide bonds. The molecule has 0 bridgehead atoms. The van der Waals surface area contributed by atoms with Crippen molar-refractivity contribution in [2.24, 2.45) is 5.92 Å². The molecule has 1 fully saturated rings. The fourth-order valence-electron chi connectivity index (χ4n) is 1.60. The van der Waals surface area contributed by atoms with E-state index in [1.807, 2.05) is 6.07 Å². The Morgan fingerprint density at radius 1 is 1.47 bits per heavy atom. The molecule has 2 nitrogen and oxygen atoms in total. The van der Waals surface area contributed by atoms with Crippen molar-refractivity contribution in [2.75, 3.05) is 0 Å². The molecule has 1 aliphatic carbocycles. The van der Waals surface area contributed by atoms with E-state index in [4.69, 9.17) is 5.26 Å². The molecule has 0 heterocycles. The number of rotatable bonds is 3. The summed E-state index contributed by atoms with van der Waals surface area (Å²) >= 11 is 0. The normalized spacial score (nSPS) is 16.8. The van der Waals surface area contributed by atoms with Crippen LogP contribution in [-0.4, -0.2) is 5.78 Å². The first-order valence-electron chi connectivity index (χ1n) is 4.92. The molecule has 1 aromatic rings. The van der Waals surface area contributed by atoms with E-state index in [2.05, 4.69) is 0 Å². The second kappa shape index (κ2) is 3.82. The van der Waals surface area contributed by atoms with Gasteiger partial charge in [-0.3, -0.25) is 4.79 Å². The highest BCUT2D eigenvalue weighted by atomic mass is 19.1. The number of carbonyl (C=O) groups excluding carboxylic acids is 1. The first kappa shape index (κ1) is 9.85. The Bertz CT molecular complexity index is 431. The van der Waals surface area contributed by atoms with Gasteiger partial charge in [0.2, 0.25) is 0 Å². The lowest BCUT2D eigenvalue weighted by Gasteiger charge is -2.08. The van der Waals surface area contributed by atoms with E-state index < -0.39 is 11.7 Å². The fraction of sp³-hybridized carbons (Fsp3) is 0.333. The molecular weight excluding hydrogens is 193 g/mol. The molecule has 76 valence electrons. The maximum Gasteiger partial charge on any atom is 0.157 e. The topological polar surface area (TPSA) is 40.9 Å². The van der Waals surface area contributed by atoms with E-state index in [0.717, 1.165) is 12.8 Å². The van der Waals surface area contributed by atoms with Gasteiger partial charge in [-0.25, -0.2) is 4.39 Å². The number of Topliss-reactive ketones (excluding diaryl/α,β-unsaturated/α-hetero) is 1. The van der Waals surface area contributed by atoms with Crippen LogP contribution >= 0.6 is 0 Å². The second-order valence-corrected chi connectivity index (χ2v) is 3.76. The standard InChI is InChI=1S/C12H10FNO/c13-11-4-2-1-3-9(11)10(7-14)12(15)8-5-6-8/h1-4,8,10H,5-6H2. The Kier molecular flexibility index (Phi) is 2.51. The van der Waals surface area contributed by atoms with Gasteiger partial charge in [0.25, 0.3) is 0 Å². The maximum atomic E-state index is 13.4. The lowest BCUT2D eigenvalue weighted by atomic mass is 9.93. The molecular formula is C12H10FNO. The first-order valence-corrected chi connectivity index (χ1v) is 4.92. The molecule has 1 unspecified atom stereocenters. The SMILES string of the molecule is N#CC(C(=O)C1CC1)c1ccccc1F. The molecule has 0 spiro atoms. The molecule has 0 N–H and O–H groups in total. The third-order valence-corrected chi connectivity index (χ3v) is 2.61. The molecule has 1 saturated carbocycles. The molecule has 1 atom stereocenters. The van der Waals surface area contributed by atoms with Crippen LogP contribution < -0.4 is 0 Å². The Labute approximate surface area is 87.3 Å². The summed E-state index contributed by atoms with van der Waals surface area (Å²) < 4.78 is 13.4. The Morgan fingerprint density at radius 3 is 2.67 bits per heavy atom. The van der Waals surface area contributed by atoms with E-state index in [1.54, 1.807) is 12.1 Å². The van der Waals surface area contributed by atoms with Crippen LogP contribution in [0.4, 0.5) is 4.39 Å². The molecule has 1 aromatic carbocycles. The minimum Gasteiger partial charge on any atom is -0.298 e. The van der Waals surface area contributed by atoms with Gasteiger partial charge in [-0.1, -0.05) is 18.2 Å². The lowest BCUT2D eigenvalue weighted by Crippen LogP contribution is -2.13. The number of ketones is 1. The molecule has 3 heteroatoms. The van der Waals surface area contributed by atoms with Crippen molar-refractivity contribution < 1.29 is 9.18 Å². The van der Waals surface area contributed by atoms with Crippen LogP contribution in [0.15, 0.2) is 24.3 Å². The highest BCUT2D eigenvalue weighted by Gasteiger charge is 2.36. The minimum absolute atomic E-state index is 0.0192. The van der Waals surface area contributed by atoms with Crippen molar-refractivity contribution in [3.63, 3.8) is 0 Å². The zero-order chi connectivity index (χ0) is 10.8. The third kappa shape index (κ3) is 1.89. The number of nitrogens with zero attached hydrogens (tertiary/aromatic N) is 1. The van der Waals surface area contributed by atoms with E-state index in [1.165, 1.54) is 12.1 Å². The van der Waals surface area contributed by atoms with Crippen LogP contribution in [0, 0.1) is 23.1 Å². The zero-order valence-corrected chi connectivity index (χ0v) is 8.11. The Balaban J connectivity index is 2.31. The number of nitriles is 1. The predicted molar refractivity (Wildman–Crippen MR) is 52.5 cm³/mol. The number of hydrogen-bond donors (Lipinski definition) is 0. The average molecular weight is 203 g/mol. The van der Waals surface area contributed by atoms with Crippen LogP contribution in [0.2, 0.25) is 0 Å². The van der Waals surface area contributed by atoms with Gasteiger partial charge < -0.3 is 0 Å². The highest BCUT2D eigenvalue weighted by Crippen LogP contribution is 2.35. The summed E-state index contributed by atoms with van der Waals surface area (Å²) in [6.45, 7) is 0. The van der Waals surface area contributed by atoms with Gasteiger partial charge >= 0.3 is 0 Å². The summed E-state index contributed by atoms with van der Waals surface area (Å²) in [5.41, 5.74) is 0.205. The van der Waals surface area contributed by atoms with E-state index in [-0.39, 0.29) is 17.3 Å². The van der Waals surface area contributed by atoms with Crippen molar-refractivity contribution in [1.29, 1.82) is 5.26 Å². The van der Waals surface area contributed by atoms with Crippen LogP contribution in [0.3, 0.4) is 0 Å². The van der Waals surface area contributed by atoms with Crippen LogP contribution in [0.1, 0.15) is 24.3 Å². The molecule has 0 radical (unpaired) electrons. The van der Waals surface area contributed by atoms with Crippen molar-refractivity contribution in [2.45, 2.75) is 18.8 Å². The zero-order valence-electron chi connectivity index (χ0n) is 8.11. The van der Waals surface area contributed by atoms with Gasteiger partial charge in [-0.15, -0.1) is 0 Å². The average Bonchev–Trinajstić information content (AvgIpc) is 3.05. The smallest absolute Gasteiger partial charge is 0.157 e. The molecule has 2 rings (SSSR count). The van der Waals surface area contributed by atoms with Crippen molar-refractivity contribution >= 4 is 5.78 Å². The van der Waals surface area contributed by atoms with Gasteiger partial charge in [0.15, 0.2) is 5.78 Å². The van der Waals surface area contributed by atoms with E-state index in [0.29, 0.717) is 0 Å². The van der Waals surface area contributed by atoms with E-state index >= 15 is 0 Å². The largest absolute Gasteiger partial charge is 0.298 e. The summed E-state index contributed by atoms with van der Waals surface area (Å²) in [6.07, 6.45) is 1.68. The quantitative estimate of drug-likeness (QED) is 0.756. The fourth-order valence-corrected chi connectivity index (χ4v) is 1.60. The third-order valence-electron chi connectivity index (χ3n) is 2.61. The number of hydrogen-bond acceptors (Lipinski definition) is 2. The minimum atomic E-state index is -0.932. The van der Waals surface area contributed by atoms with Gasteiger partial charge in [0.1, 0.15) is 11.7 Å². The molecule has 15 heavy (non-hydrogen) atoms. The highest BCUT2D eigenvalue weighted by molar-refractivity contribution is 5.92. The van der Waals surface area contributed by atoms with Crippen molar-refractivity contribution in [1.82, 2.24) is 0 Å². The van der Waals surface area contributed by atoms with Crippen LogP contribution in [0.5, 0.6) is 0 Å². The number of halogens is 1. The molecule has 0 aliphatic heterocycles. The number of benzene rings is 1. The summed E-state index contributed by atoms with van der Waals surface area (Å²) in [6, 6.07) is 7.86. The summed E-state index contributed by atoms with van der Waals surface area (Å²) in [7, 11) is 0. The second-order valence-electron chi connectivity index (χ2n) is 3.76. The number of carbonyl (C=O) groups is 1. The van der Waals surface area contributed by atoms with Crippen LogP contribution in [-0.2, 0) is 4.79 Å². The monoisotopic (exact) mass is 203 g/mol. The van der Waals surface area contributed by atoms with Crippen molar-refractivity contribution in [3.8, 4) is 6.07 Å². The lowest BCUT2D eigenvalue weighted by molar-refractivity contribution is -0.120. The molecule has 0 aromatic heterocycles. The predicted octanol–water partition coefficient (Wildman–Crippen LogP) is 2.41. The maximum absolute atomic E-state index is 13.4. The van der Waals surface area contributed by atoms with E-state index in [9.17, 15) is 9.18 Å². The Morgan fingerprint density at radius 2 is 2.13 bits per heavy atom. The van der Waals surface area contributed by atoms with Gasteiger partial charge in [0, 0.05) is 11.5 Å². The molecule has 0 saturated heterocycles. The van der Waals surface area contributed by atoms with Crippen LogP contribution in [0.25, 0.3) is 0 Å². The van der Waals surface area contributed by atoms with Gasteiger partial charge in [-0.05, 0) is 18.9 Å². The molecule has 1 aliphatic rings. The van der Waals surface area contributed by atoms with Crippen molar-refractivity contribution in [3.05, 3.63) is 35.6 Å². The Hall–Kier alpha value is -1.69. The summed E-state index contributed by atoms with van der Waals surface area (Å²) in [5, 5.41) is 8.91. The summed E-state index contributed by atoms with van der Waals surface area (Å²) in [4.78, 5) is 11.7. The first-order chi connectivity index (χ1) is 7.24. The summed E-state index contributed by atoms with van der Waals surface area (Å²) in [5.74, 6) is -1.56.